The summed E-state index contributed by atoms with van der Waals surface area (Å²) < 4.78 is 45.9. The van der Waals surface area contributed by atoms with Gasteiger partial charge in [0.1, 0.15) is 0 Å². The minimum absolute atomic E-state index is 0.211. The highest BCUT2D eigenvalue weighted by atomic mass is 19.4. The first-order valence-corrected chi connectivity index (χ1v) is 13.7. The molecule has 1 atom stereocenters. The van der Waals surface area contributed by atoms with Gasteiger partial charge < -0.3 is 15.4 Å². The van der Waals surface area contributed by atoms with E-state index >= 15 is 0 Å². The molecule has 40 heavy (non-hydrogen) atoms. The summed E-state index contributed by atoms with van der Waals surface area (Å²) in [5, 5.41) is 5.70. The van der Waals surface area contributed by atoms with Crippen molar-refractivity contribution in [1.29, 1.82) is 0 Å². The summed E-state index contributed by atoms with van der Waals surface area (Å²) in [5.41, 5.74) is 7.47. The molecule has 2 aliphatic rings. The van der Waals surface area contributed by atoms with Crippen molar-refractivity contribution in [1.82, 2.24) is 19.6 Å². The van der Waals surface area contributed by atoms with E-state index in [1.165, 1.54) is 12.1 Å². The number of alkyl halides is 3. The van der Waals surface area contributed by atoms with Crippen molar-refractivity contribution in [2.24, 2.45) is 11.7 Å². The number of hydrogen-bond acceptors (Lipinski definition) is 5. The van der Waals surface area contributed by atoms with Crippen molar-refractivity contribution in [3.8, 4) is 0 Å². The van der Waals surface area contributed by atoms with Crippen molar-refractivity contribution in [3.63, 3.8) is 0 Å². The number of halogens is 3. The van der Waals surface area contributed by atoms with Gasteiger partial charge in [-0.2, -0.15) is 18.3 Å². The largest absolute Gasteiger partial charge is 0.416 e. The molecule has 2 fully saturated rings. The van der Waals surface area contributed by atoms with E-state index < -0.39 is 17.6 Å². The normalized spacial score (nSPS) is 18.2. The highest BCUT2D eigenvalue weighted by molar-refractivity contribution is 6.00. The molecule has 1 unspecified atom stereocenters. The maximum Gasteiger partial charge on any atom is 0.416 e. The fraction of sp³-hybridized carbons (Fsp3) is 0.483. The maximum atomic E-state index is 12.8. The second kappa shape index (κ2) is 11.6. The minimum atomic E-state index is -4.43. The molecule has 0 aliphatic carbocycles. The van der Waals surface area contributed by atoms with Gasteiger partial charge in [0.25, 0.3) is 5.91 Å². The van der Waals surface area contributed by atoms with Gasteiger partial charge in [-0.1, -0.05) is 0 Å². The number of morpholine rings is 1. The zero-order valence-corrected chi connectivity index (χ0v) is 22.5. The molecule has 0 spiro atoms. The Morgan fingerprint density at radius 2 is 1.73 bits per heavy atom. The Bertz CT molecular complexity index is 1360. The Balaban J connectivity index is 1.25. The molecule has 8 nitrogen and oxygen atoms in total. The molecule has 2 aliphatic heterocycles. The Hall–Kier alpha value is -3.44. The lowest BCUT2D eigenvalue weighted by atomic mass is 9.95. The molecular formula is C29H34F3N5O3. The molecule has 11 heteroatoms. The molecule has 3 aromatic rings. The van der Waals surface area contributed by atoms with Gasteiger partial charge in [-0.25, -0.2) is 0 Å². The topological polar surface area (TPSA) is 93.7 Å². The predicted octanol–water partition coefficient (Wildman–Crippen LogP) is 3.97. The average molecular weight is 558 g/mol. The van der Waals surface area contributed by atoms with Crippen LogP contribution >= 0.6 is 0 Å². The van der Waals surface area contributed by atoms with Gasteiger partial charge in [-0.05, 0) is 74.1 Å². The Labute approximate surface area is 230 Å². The van der Waals surface area contributed by atoms with E-state index in [2.05, 4.69) is 11.8 Å². The van der Waals surface area contributed by atoms with E-state index in [1.54, 1.807) is 11.0 Å². The number of ether oxygens (including phenoxy) is 1. The smallest absolute Gasteiger partial charge is 0.379 e. The minimum Gasteiger partial charge on any atom is -0.379 e. The van der Waals surface area contributed by atoms with E-state index in [1.807, 2.05) is 16.9 Å². The molecule has 3 heterocycles. The number of rotatable bonds is 7. The van der Waals surface area contributed by atoms with Gasteiger partial charge in [0, 0.05) is 61.5 Å². The molecule has 1 aromatic heterocycles. The van der Waals surface area contributed by atoms with Gasteiger partial charge in [0.2, 0.25) is 5.91 Å². The summed E-state index contributed by atoms with van der Waals surface area (Å²) in [6.07, 6.45) is -0.249. The van der Waals surface area contributed by atoms with Crippen LogP contribution in [0.1, 0.15) is 51.6 Å². The molecule has 5 rings (SSSR count). The van der Waals surface area contributed by atoms with Crippen molar-refractivity contribution in [2.75, 3.05) is 39.4 Å². The number of carbonyl (C=O) groups excluding carboxylic acids is 2. The highest BCUT2D eigenvalue weighted by Gasteiger charge is 2.31. The van der Waals surface area contributed by atoms with Crippen LogP contribution < -0.4 is 5.73 Å². The van der Waals surface area contributed by atoms with Crippen molar-refractivity contribution < 1.29 is 27.5 Å². The van der Waals surface area contributed by atoms with Gasteiger partial charge >= 0.3 is 6.18 Å². The Kier molecular flexibility index (Phi) is 8.14. The van der Waals surface area contributed by atoms with E-state index in [0.29, 0.717) is 44.8 Å². The summed E-state index contributed by atoms with van der Waals surface area (Å²) in [4.78, 5) is 29.2. The van der Waals surface area contributed by atoms with Gasteiger partial charge in [0.05, 0.1) is 24.3 Å². The SMILES string of the molecule is CC(Cc1c(C(N)=O)ccc2nn(CC3CCN(C(=O)c4ccc(C(F)(F)F)cc4)CC3)cc12)N1CCOCC1. The monoisotopic (exact) mass is 557 g/mol. The molecule has 0 radical (unpaired) electrons. The average Bonchev–Trinajstić information content (AvgIpc) is 3.36. The van der Waals surface area contributed by atoms with Crippen LogP contribution in [0.3, 0.4) is 0 Å². The van der Waals surface area contributed by atoms with Crippen LogP contribution in [0.25, 0.3) is 10.9 Å². The fourth-order valence-corrected chi connectivity index (χ4v) is 5.75. The predicted molar refractivity (Wildman–Crippen MR) is 144 cm³/mol. The summed E-state index contributed by atoms with van der Waals surface area (Å²) in [6.45, 7) is 6.97. The molecule has 0 saturated carbocycles. The molecule has 2 N–H and O–H groups in total. The lowest BCUT2D eigenvalue weighted by molar-refractivity contribution is -0.137. The zero-order valence-electron chi connectivity index (χ0n) is 22.5. The third-order valence-electron chi connectivity index (χ3n) is 8.09. The Morgan fingerprint density at radius 1 is 1.05 bits per heavy atom. The first-order valence-electron chi connectivity index (χ1n) is 13.7. The van der Waals surface area contributed by atoms with Gasteiger partial charge in [0.15, 0.2) is 0 Å². The lowest BCUT2D eigenvalue weighted by Gasteiger charge is -2.32. The number of fused-ring (bicyclic) bond motifs is 1. The molecule has 2 amide bonds. The van der Waals surface area contributed by atoms with Crippen molar-refractivity contribution in [3.05, 3.63) is 64.8 Å². The third kappa shape index (κ3) is 6.15. The van der Waals surface area contributed by atoms with Gasteiger partial charge in [-0.15, -0.1) is 0 Å². The van der Waals surface area contributed by atoms with Crippen LogP contribution in [0.4, 0.5) is 13.2 Å². The second-order valence-electron chi connectivity index (χ2n) is 10.8. The van der Waals surface area contributed by atoms with Crippen LogP contribution in [0.15, 0.2) is 42.6 Å². The van der Waals surface area contributed by atoms with Crippen LogP contribution in [0.2, 0.25) is 0 Å². The quantitative estimate of drug-likeness (QED) is 0.475. The molecule has 0 bridgehead atoms. The summed E-state index contributed by atoms with van der Waals surface area (Å²) >= 11 is 0. The number of piperidine rings is 1. The standard InChI is InChI=1S/C29H34F3N5O3/c1-19(35-12-14-40-15-13-35)16-24-23(27(33)38)6-7-26-25(24)18-37(34-26)17-20-8-10-36(11-9-20)28(39)21-2-4-22(5-3-21)29(30,31)32/h2-7,18-20H,8-17H2,1H3,(H2,33,38). The summed E-state index contributed by atoms with van der Waals surface area (Å²) in [6, 6.07) is 8.18. The fourth-order valence-electron chi connectivity index (χ4n) is 5.75. The Morgan fingerprint density at radius 3 is 2.35 bits per heavy atom. The van der Waals surface area contributed by atoms with E-state index in [0.717, 1.165) is 54.5 Å². The number of amides is 2. The molecular weight excluding hydrogens is 523 g/mol. The van der Waals surface area contributed by atoms with E-state index in [4.69, 9.17) is 15.6 Å². The number of aromatic nitrogens is 2. The van der Waals surface area contributed by atoms with Crippen LogP contribution in [-0.2, 0) is 23.9 Å². The van der Waals surface area contributed by atoms with E-state index in [-0.39, 0.29) is 23.4 Å². The number of benzene rings is 2. The first-order chi connectivity index (χ1) is 19.1. The second-order valence-corrected chi connectivity index (χ2v) is 10.8. The maximum absolute atomic E-state index is 12.8. The number of nitrogens with two attached hydrogens (primary N) is 1. The lowest BCUT2D eigenvalue weighted by Crippen LogP contribution is -2.43. The van der Waals surface area contributed by atoms with Crippen molar-refractivity contribution in [2.45, 2.75) is 44.9 Å². The zero-order chi connectivity index (χ0) is 28.4. The molecule has 2 saturated heterocycles. The third-order valence-corrected chi connectivity index (χ3v) is 8.09. The van der Waals surface area contributed by atoms with Crippen LogP contribution in [-0.4, -0.2) is 76.8 Å². The van der Waals surface area contributed by atoms with Crippen LogP contribution in [0, 0.1) is 5.92 Å². The number of likely N-dealkylation sites (tertiary alicyclic amines) is 1. The number of primary amides is 1. The summed E-state index contributed by atoms with van der Waals surface area (Å²) in [5.74, 6) is -0.420. The highest BCUT2D eigenvalue weighted by Crippen LogP contribution is 2.30. The number of nitrogens with zero attached hydrogens (tertiary/aromatic N) is 4. The van der Waals surface area contributed by atoms with Gasteiger partial charge in [-0.3, -0.25) is 19.2 Å². The number of carbonyl (C=O) groups is 2. The van der Waals surface area contributed by atoms with E-state index in [9.17, 15) is 22.8 Å². The van der Waals surface area contributed by atoms with Crippen LogP contribution in [0.5, 0.6) is 0 Å². The number of hydrogen-bond donors (Lipinski definition) is 1. The first kappa shape index (κ1) is 28.1. The summed E-state index contributed by atoms with van der Waals surface area (Å²) in [7, 11) is 0. The van der Waals surface area contributed by atoms with Crippen molar-refractivity contribution >= 4 is 22.7 Å². The molecule has 2 aromatic carbocycles. The molecule has 214 valence electrons.